The third kappa shape index (κ3) is 1.80. The van der Waals surface area contributed by atoms with E-state index in [0.29, 0.717) is 0 Å². The highest BCUT2D eigenvalue weighted by Crippen LogP contribution is 2.18. The number of aryl methyl sites for hydroxylation is 1. The molecule has 0 unspecified atom stereocenters. The van der Waals surface area contributed by atoms with Gasteiger partial charge in [0.25, 0.3) is 0 Å². The summed E-state index contributed by atoms with van der Waals surface area (Å²) in [5.41, 5.74) is 1.21. The highest BCUT2D eigenvalue weighted by Gasteiger charge is 2.20. The molecule has 2 rings (SSSR count). The molecule has 1 atom stereocenters. The van der Waals surface area contributed by atoms with E-state index in [0.717, 1.165) is 25.3 Å². The summed E-state index contributed by atoms with van der Waals surface area (Å²) in [5, 5.41) is 9.36. The molecule has 2 heterocycles. The van der Waals surface area contributed by atoms with Crippen molar-refractivity contribution in [2.24, 2.45) is 0 Å². The van der Waals surface area contributed by atoms with Crippen molar-refractivity contribution in [1.82, 2.24) is 4.98 Å². The van der Waals surface area contributed by atoms with E-state index in [2.05, 4.69) is 22.9 Å². The van der Waals surface area contributed by atoms with Gasteiger partial charge in [-0.25, -0.2) is 4.98 Å². The zero-order valence-electron chi connectivity index (χ0n) is 7.77. The molecule has 1 aliphatic rings. The molecule has 1 saturated heterocycles. The Morgan fingerprint density at radius 1 is 1.62 bits per heavy atom. The molecule has 0 spiro atoms. The van der Waals surface area contributed by atoms with Gasteiger partial charge in [-0.3, -0.25) is 0 Å². The van der Waals surface area contributed by atoms with Gasteiger partial charge in [-0.2, -0.15) is 0 Å². The predicted molar refractivity (Wildman–Crippen MR) is 51.8 cm³/mol. The Labute approximate surface area is 78.0 Å². The summed E-state index contributed by atoms with van der Waals surface area (Å²) >= 11 is 0. The minimum absolute atomic E-state index is 0.178. The number of anilines is 1. The van der Waals surface area contributed by atoms with Crippen LogP contribution in [-0.4, -0.2) is 29.3 Å². The number of hydrogen-bond acceptors (Lipinski definition) is 3. The van der Waals surface area contributed by atoms with E-state index in [9.17, 15) is 5.11 Å². The van der Waals surface area contributed by atoms with Crippen LogP contribution in [0, 0.1) is 6.92 Å². The summed E-state index contributed by atoms with van der Waals surface area (Å²) in [6, 6.07) is 4.04. The Balaban J connectivity index is 2.16. The average Bonchev–Trinajstić information content (AvgIpc) is 2.52. The lowest BCUT2D eigenvalue weighted by Gasteiger charge is -2.16. The average molecular weight is 178 g/mol. The lowest BCUT2D eigenvalue weighted by Crippen LogP contribution is -2.22. The van der Waals surface area contributed by atoms with Crippen molar-refractivity contribution in [3.8, 4) is 0 Å². The predicted octanol–water partition coefficient (Wildman–Crippen LogP) is 0.961. The molecule has 0 bridgehead atoms. The summed E-state index contributed by atoms with van der Waals surface area (Å²) in [7, 11) is 0. The molecular weight excluding hydrogens is 164 g/mol. The number of rotatable bonds is 1. The maximum Gasteiger partial charge on any atom is 0.128 e. The van der Waals surface area contributed by atoms with Crippen LogP contribution in [0.2, 0.25) is 0 Å². The van der Waals surface area contributed by atoms with Crippen LogP contribution >= 0.6 is 0 Å². The molecule has 0 radical (unpaired) electrons. The van der Waals surface area contributed by atoms with Gasteiger partial charge in [0, 0.05) is 19.3 Å². The fourth-order valence-electron chi connectivity index (χ4n) is 1.64. The first-order valence-corrected chi connectivity index (χ1v) is 4.61. The molecule has 1 aromatic rings. The number of nitrogens with zero attached hydrogens (tertiary/aromatic N) is 2. The Kier molecular flexibility index (Phi) is 2.19. The summed E-state index contributed by atoms with van der Waals surface area (Å²) in [6.07, 6.45) is 2.49. The van der Waals surface area contributed by atoms with Crippen molar-refractivity contribution >= 4 is 5.82 Å². The van der Waals surface area contributed by atoms with Gasteiger partial charge in [0.05, 0.1) is 6.10 Å². The van der Waals surface area contributed by atoms with Crippen molar-refractivity contribution in [1.29, 1.82) is 0 Å². The Morgan fingerprint density at radius 2 is 2.46 bits per heavy atom. The summed E-state index contributed by atoms with van der Waals surface area (Å²) in [4.78, 5) is 6.39. The lowest BCUT2D eigenvalue weighted by atomic mass is 10.3. The van der Waals surface area contributed by atoms with Crippen LogP contribution in [0.4, 0.5) is 5.82 Å². The normalized spacial score (nSPS) is 22.3. The van der Waals surface area contributed by atoms with Crippen molar-refractivity contribution < 1.29 is 5.11 Å². The first-order chi connectivity index (χ1) is 6.25. The zero-order chi connectivity index (χ0) is 9.26. The van der Waals surface area contributed by atoms with Gasteiger partial charge in [0.15, 0.2) is 0 Å². The van der Waals surface area contributed by atoms with Gasteiger partial charge in [0.1, 0.15) is 5.82 Å². The zero-order valence-corrected chi connectivity index (χ0v) is 7.77. The third-order valence-corrected chi connectivity index (χ3v) is 2.39. The van der Waals surface area contributed by atoms with Crippen molar-refractivity contribution in [3.05, 3.63) is 23.9 Å². The van der Waals surface area contributed by atoms with Crippen LogP contribution in [0.5, 0.6) is 0 Å². The number of pyridine rings is 1. The molecule has 13 heavy (non-hydrogen) atoms. The highest BCUT2D eigenvalue weighted by molar-refractivity contribution is 5.41. The second-order valence-electron chi connectivity index (χ2n) is 3.58. The molecule has 0 amide bonds. The van der Waals surface area contributed by atoms with E-state index in [1.807, 2.05) is 12.3 Å². The maximum atomic E-state index is 9.36. The van der Waals surface area contributed by atoms with Crippen molar-refractivity contribution in [2.75, 3.05) is 18.0 Å². The Bertz CT molecular complexity index is 301. The number of hydrogen-bond donors (Lipinski definition) is 1. The molecule has 70 valence electrons. The first kappa shape index (κ1) is 8.51. The smallest absolute Gasteiger partial charge is 0.128 e. The SMILES string of the molecule is Cc1ccnc(N2CC[C@H](O)C2)c1. The molecule has 0 saturated carbocycles. The van der Waals surface area contributed by atoms with Crippen molar-refractivity contribution in [2.45, 2.75) is 19.4 Å². The van der Waals surface area contributed by atoms with E-state index in [1.165, 1.54) is 5.56 Å². The van der Waals surface area contributed by atoms with Gasteiger partial charge in [0.2, 0.25) is 0 Å². The third-order valence-electron chi connectivity index (χ3n) is 2.39. The number of β-amino-alcohol motifs (C(OH)–C–C–N with tert-alkyl or cyclic N) is 1. The van der Waals surface area contributed by atoms with Crippen LogP contribution in [0.3, 0.4) is 0 Å². The van der Waals surface area contributed by atoms with E-state index in [4.69, 9.17) is 0 Å². The molecule has 0 aromatic carbocycles. The monoisotopic (exact) mass is 178 g/mol. The summed E-state index contributed by atoms with van der Waals surface area (Å²) in [6.45, 7) is 3.69. The number of aliphatic hydroxyl groups is 1. The molecular formula is C10H14N2O. The second kappa shape index (κ2) is 3.34. The molecule has 1 aromatic heterocycles. The molecule has 1 N–H and O–H groups in total. The van der Waals surface area contributed by atoms with Crippen LogP contribution in [0.1, 0.15) is 12.0 Å². The van der Waals surface area contributed by atoms with Crippen molar-refractivity contribution in [3.63, 3.8) is 0 Å². The maximum absolute atomic E-state index is 9.36. The Hall–Kier alpha value is -1.09. The van der Waals surface area contributed by atoms with Crippen LogP contribution < -0.4 is 4.90 Å². The van der Waals surface area contributed by atoms with Crippen LogP contribution in [-0.2, 0) is 0 Å². The van der Waals surface area contributed by atoms with Gasteiger partial charge >= 0.3 is 0 Å². The quantitative estimate of drug-likeness (QED) is 0.696. The Morgan fingerprint density at radius 3 is 3.08 bits per heavy atom. The summed E-state index contributed by atoms with van der Waals surface area (Å²) < 4.78 is 0. The fraction of sp³-hybridized carbons (Fsp3) is 0.500. The van der Waals surface area contributed by atoms with E-state index in [-0.39, 0.29) is 6.10 Å². The van der Waals surface area contributed by atoms with Gasteiger partial charge < -0.3 is 10.0 Å². The number of aliphatic hydroxyl groups excluding tert-OH is 1. The number of aromatic nitrogens is 1. The van der Waals surface area contributed by atoms with Gasteiger partial charge in [-0.05, 0) is 31.0 Å². The lowest BCUT2D eigenvalue weighted by molar-refractivity contribution is 0.198. The van der Waals surface area contributed by atoms with Crippen LogP contribution in [0.15, 0.2) is 18.3 Å². The van der Waals surface area contributed by atoms with Crippen LogP contribution in [0.25, 0.3) is 0 Å². The first-order valence-electron chi connectivity index (χ1n) is 4.61. The molecule has 1 fully saturated rings. The second-order valence-corrected chi connectivity index (χ2v) is 3.58. The largest absolute Gasteiger partial charge is 0.391 e. The molecule has 1 aliphatic heterocycles. The topological polar surface area (TPSA) is 36.4 Å². The van der Waals surface area contributed by atoms with E-state index < -0.39 is 0 Å². The van der Waals surface area contributed by atoms with Gasteiger partial charge in [-0.15, -0.1) is 0 Å². The molecule has 0 aliphatic carbocycles. The molecule has 3 heteroatoms. The highest BCUT2D eigenvalue weighted by atomic mass is 16.3. The summed E-state index contributed by atoms with van der Waals surface area (Å²) in [5.74, 6) is 0.983. The standard InChI is InChI=1S/C10H14N2O/c1-8-2-4-11-10(6-8)12-5-3-9(13)7-12/h2,4,6,9,13H,3,5,7H2,1H3/t9-/m0/s1. The minimum Gasteiger partial charge on any atom is -0.391 e. The van der Waals surface area contributed by atoms with E-state index >= 15 is 0 Å². The minimum atomic E-state index is -0.178. The fourth-order valence-corrected chi connectivity index (χ4v) is 1.64. The van der Waals surface area contributed by atoms with E-state index in [1.54, 1.807) is 0 Å². The van der Waals surface area contributed by atoms with Gasteiger partial charge in [-0.1, -0.05) is 0 Å². The molecule has 3 nitrogen and oxygen atoms in total.